The van der Waals surface area contributed by atoms with Crippen molar-refractivity contribution in [1.29, 1.82) is 0 Å². The fraction of sp³-hybridized carbons (Fsp3) is 0.923. The number of piperidine rings is 1. The van der Waals surface area contributed by atoms with Gasteiger partial charge in [0.25, 0.3) is 0 Å². The summed E-state index contributed by atoms with van der Waals surface area (Å²) >= 11 is 0. The van der Waals surface area contributed by atoms with Gasteiger partial charge in [-0.15, -0.1) is 0 Å². The lowest BCUT2D eigenvalue weighted by Crippen LogP contribution is -2.47. The van der Waals surface area contributed by atoms with Crippen LogP contribution in [-0.4, -0.2) is 34.9 Å². The Morgan fingerprint density at radius 2 is 2.18 bits per heavy atom. The quantitative estimate of drug-likeness (QED) is 0.792. The number of carboxylic acids is 1. The van der Waals surface area contributed by atoms with Gasteiger partial charge >= 0.3 is 5.97 Å². The molecule has 2 aliphatic heterocycles. The minimum Gasteiger partial charge on any atom is -0.480 e. The maximum Gasteiger partial charge on any atom is 0.320 e. The highest BCUT2D eigenvalue weighted by atomic mass is 16.5. The molecule has 2 fully saturated rings. The first-order valence-corrected chi connectivity index (χ1v) is 6.63. The van der Waals surface area contributed by atoms with Gasteiger partial charge < -0.3 is 15.2 Å². The molecule has 0 aromatic heterocycles. The van der Waals surface area contributed by atoms with Crippen LogP contribution in [0.25, 0.3) is 0 Å². The van der Waals surface area contributed by atoms with E-state index in [1.807, 2.05) is 0 Å². The van der Waals surface area contributed by atoms with Gasteiger partial charge in [-0.3, -0.25) is 4.79 Å². The molecule has 0 amide bonds. The first kappa shape index (κ1) is 12.8. The second-order valence-electron chi connectivity index (χ2n) is 5.96. The lowest BCUT2D eigenvalue weighted by molar-refractivity contribution is -0.140. The number of hydrogen-bond donors (Lipinski definition) is 2. The van der Waals surface area contributed by atoms with Crippen LogP contribution in [0.3, 0.4) is 0 Å². The molecule has 2 rings (SSSR count). The topological polar surface area (TPSA) is 58.6 Å². The van der Waals surface area contributed by atoms with Crippen molar-refractivity contribution >= 4 is 5.97 Å². The first-order chi connectivity index (χ1) is 7.96. The van der Waals surface area contributed by atoms with Crippen molar-refractivity contribution in [2.45, 2.75) is 76.2 Å². The highest BCUT2D eigenvalue weighted by Crippen LogP contribution is 2.32. The zero-order valence-corrected chi connectivity index (χ0v) is 10.7. The number of carbonyl (C=O) groups is 1. The highest BCUT2D eigenvalue weighted by molar-refractivity contribution is 5.73. The molecule has 0 aromatic rings. The number of nitrogens with one attached hydrogen (secondary N) is 1. The zero-order chi connectivity index (χ0) is 12.5. The van der Waals surface area contributed by atoms with Crippen LogP contribution in [0, 0.1) is 0 Å². The fourth-order valence-corrected chi connectivity index (χ4v) is 2.96. The van der Waals surface area contributed by atoms with Gasteiger partial charge in [-0.2, -0.15) is 0 Å². The molecule has 3 atom stereocenters. The van der Waals surface area contributed by atoms with Crippen LogP contribution in [0.1, 0.15) is 52.4 Å². The Balaban J connectivity index is 1.81. The summed E-state index contributed by atoms with van der Waals surface area (Å²) in [5, 5.41) is 12.2. The predicted molar refractivity (Wildman–Crippen MR) is 65.0 cm³/mol. The molecule has 0 aliphatic carbocycles. The summed E-state index contributed by atoms with van der Waals surface area (Å²) in [6.45, 7) is 4.25. The zero-order valence-electron chi connectivity index (χ0n) is 10.7. The van der Waals surface area contributed by atoms with Crippen LogP contribution < -0.4 is 5.32 Å². The van der Waals surface area contributed by atoms with Crippen molar-refractivity contribution in [2.24, 2.45) is 0 Å². The van der Waals surface area contributed by atoms with E-state index < -0.39 is 5.97 Å². The Bertz CT molecular complexity index is 290. The summed E-state index contributed by atoms with van der Waals surface area (Å²) in [6.07, 6.45) is 6.29. The molecule has 0 aromatic carbocycles. The van der Waals surface area contributed by atoms with Gasteiger partial charge in [0.2, 0.25) is 0 Å². The summed E-state index contributed by atoms with van der Waals surface area (Å²) in [5.41, 5.74) is 0.00549. The van der Waals surface area contributed by atoms with E-state index in [9.17, 15) is 4.79 Å². The number of carboxylic acid groups (broad SMARTS) is 1. The molecule has 4 nitrogen and oxygen atoms in total. The number of ether oxygens (including phenoxy) is 1. The van der Waals surface area contributed by atoms with Gasteiger partial charge in [-0.1, -0.05) is 0 Å². The molecular formula is C13H23NO3. The van der Waals surface area contributed by atoms with Crippen LogP contribution in [0.2, 0.25) is 0 Å². The predicted octanol–water partition coefficient (Wildman–Crippen LogP) is 1.93. The minimum absolute atomic E-state index is 0.00549. The molecule has 0 saturated carbocycles. The van der Waals surface area contributed by atoms with Crippen molar-refractivity contribution in [3.05, 3.63) is 0 Å². The molecule has 17 heavy (non-hydrogen) atoms. The van der Waals surface area contributed by atoms with Crippen LogP contribution >= 0.6 is 0 Å². The Hall–Kier alpha value is -0.610. The SMILES string of the molecule is CC1(C)CCC(CC2CCCC(C(=O)O)N2)O1. The first-order valence-electron chi connectivity index (χ1n) is 6.63. The average molecular weight is 241 g/mol. The van der Waals surface area contributed by atoms with Gasteiger partial charge in [0.15, 0.2) is 0 Å². The van der Waals surface area contributed by atoms with E-state index >= 15 is 0 Å². The molecule has 2 heterocycles. The molecule has 3 unspecified atom stereocenters. The van der Waals surface area contributed by atoms with E-state index in [4.69, 9.17) is 9.84 Å². The monoisotopic (exact) mass is 241 g/mol. The molecule has 4 heteroatoms. The molecule has 2 saturated heterocycles. The molecule has 98 valence electrons. The largest absolute Gasteiger partial charge is 0.480 e. The third kappa shape index (κ3) is 3.42. The normalized spacial score (nSPS) is 36.9. The van der Waals surface area contributed by atoms with Gasteiger partial charge in [0.05, 0.1) is 11.7 Å². The number of rotatable bonds is 3. The molecule has 2 aliphatic rings. The Morgan fingerprint density at radius 3 is 2.76 bits per heavy atom. The smallest absolute Gasteiger partial charge is 0.320 e. The van der Waals surface area contributed by atoms with Crippen LogP contribution in [0.15, 0.2) is 0 Å². The molecule has 2 N–H and O–H groups in total. The molecule has 0 spiro atoms. The fourth-order valence-electron chi connectivity index (χ4n) is 2.96. The van der Waals surface area contributed by atoms with E-state index in [0.29, 0.717) is 12.1 Å². The van der Waals surface area contributed by atoms with E-state index in [2.05, 4.69) is 19.2 Å². The maximum absolute atomic E-state index is 10.9. The van der Waals surface area contributed by atoms with E-state index in [1.165, 1.54) is 0 Å². The minimum atomic E-state index is -0.720. The van der Waals surface area contributed by atoms with Crippen LogP contribution in [-0.2, 0) is 9.53 Å². The van der Waals surface area contributed by atoms with Crippen LogP contribution in [0.4, 0.5) is 0 Å². The molecule has 0 radical (unpaired) electrons. The summed E-state index contributed by atoms with van der Waals surface area (Å²) in [6, 6.07) is -0.0492. The third-order valence-electron chi connectivity index (χ3n) is 3.88. The van der Waals surface area contributed by atoms with Gasteiger partial charge in [0, 0.05) is 6.04 Å². The lowest BCUT2D eigenvalue weighted by atomic mass is 9.94. The standard InChI is InChI=1S/C13H23NO3/c1-13(2)7-6-10(17-13)8-9-4-3-5-11(14-9)12(15)16/h9-11,14H,3-8H2,1-2H3,(H,15,16). The van der Waals surface area contributed by atoms with Crippen molar-refractivity contribution < 1.29 is 14.6 Å². The van der Waals surface area contributed by atoms with E-state index in [1.54, 1.807) is 0 Å². The lowest BCUT2D eigenvalue weighted by Gasteiger charge is -2.30. The summed E-state index contributed by atoms with van der Waals surface area (Å²) in [5.74, 6) is -0.720. The summed E-state index contributed by atoms with van der Waals surface area (Å²) < 4.78 is 5.96. The maximum atomic E-state index is 10.9. The van der Waals surface area contributed by atoms with E-state index in [0.717, 1.165) is 38.5 Å². The molecular weight excluding hydrogens is 218 g/mol. The van der Waals surface area contributed by atoms with Gasteiger partial charge in [0.1, 0.15) is 6.04 Å². The second-order valence-corrected chi connectivity index (χ2v) is 5.96. The van der Waals surface area contributed by atoms with Crippen LogP contribution in [0.5, 0.6) is 0 Å². The Morgan fingerprint density at radius 1 is 1.41 bits per heavy atom. The third-order valence-corrected chi connectivity index (χ3v) is 3.88. The second kappa shape index (κ2) is 4.94. The van der Waals surface area contributed by atoms with Crippen molar-refractivity contribution in [1.82, 2.24) is 5.32 Å². The van der Waals surface area contributed by atoms with E-state index in [-0.39, 0.29) is 11.6 Å². The number of aliphatic carboxylic acids is 1. The molecule has 0 bridgehead atoms. The van der Waals surface area contributed by atoms with Gasteiger partial charge in [-0.05, 0) is 52.4 Å². The average Bonchev–Trinajstić information content (AvgIpc) is 2.58. The summed E-state index contributed by atoms with van der Waals surface area (Å²) in [7, 11) is 0. The van der Waals surface area contributed by atoms with Crippen molar-refractivity contribution in [2.75, 3.05) is 0 Å². The highest BCUT2D eigenvalue weighted by Gasteiger charge is 2.34. The van der Waals surface area contributed by atoms with Crippen molar-refractivity contribution in [3.63, 3.8) is 0 Å². The number of hydrogen-bond acceptors (Lipinski definition) is 3. The van der Waals surface area contributed by atoms with Crippen molar-refractivity contribution in [3.8, 4) is 0 Å². The Labute approximate surface area is 103 Å². The summed E-state index contributed by atoms with van der Waals surface area (Å²) in [4.78, 5) is 10.9. The van der Waals surface area contributed by atoms with Gasteiger partial charge in [-0.25, -0.2) is 0 Å². The Kier molecular flexibility index (Phi) is 3.73.